The largest absolute Gasteiger partial charge is 0.368 e. The topological polar surface area (TPSA) is 49.4 Å². The zero-order chi connectivity index (χ0) is 19.0. The highest BCUT2D eigenvalue weighted by atomic mass is 32.2. The van der Waals surface area contributed by atoms with Crippen molar-refractivity contribution in [1.82, 2.24) is 4.72 Å². The maximum Gasteiger partial charge on any atom is 0.246 e. The summed E-state index contributed by atoms with van der Waals surface area (Å²) in [4.78, 5) is 1.46. The Morgan fingerprint density at radius 1 is 1.00 bits per heavy atom. The summed E-state index contributed by atoms with van der Waals surface area (Å²) in [6, 6.07) is 11.2. The van der Waals surface area contributed by atoms with E-state index in [1.807, 2.05) is 12.1 Å². The lowest BCUT2D eigenvalue weighted by Crippen LogP contribution is -2.45. The number of rotatable bonds is 4. The number of hydrogen-bond acceptors (Lipinski definition) is 3. The number of nitrogens with zero attached hydrogens (tertiary/aromatic N) is 1. The molecule has 2 aromatic rings. The summed E-state index contributed by atoms with van der Waals surface area (Å²) in [5.74, 6) is -2.13. The first kappa shape index (κ1) is 18.4. The Labute approximate surface area is 158 Å². The van der Waals surface area contributed by atoms with E-state index in [-0.39, 0.29) is 12.1 Å². The lowest BCUT2D eigenvalue weighted by Gasteiger charge is -2.37. The fraction of sp³-hybridized carbons (Fsp3) is 0.400. The molecule has 0 bridgehead atoms. The van der Waals surface area contributed by atoms with E-state index in [2.05, 4.69) is 21.8 Å². The van der Waals surface area contributed by atoms with E-state index in [0.29, 0.717) is 12.8 Å². The highest BCUT2D eigenvalue weighted by Gasteiger charge is 2.33. The molecule has 7 heteroatoms. The summed E-state index contributed by atoms with van der Waals surface area (Å²) in [7, 11) is -4.25. The first-order valence-corrected chi connectivity index (χ1v) is 10.7. The van der Waals surface area contributed by atoms with E-state index in [1.54, 1.807) is 0 Å². The van der Waals surface area contributed by atoms with Crippen LogP contribution in [0.5, 0.6) is 0 Å². The van der Waals surface area contributed by atoms with Gasteiger partial charge in [-0.2, -0.15) is 0 Å². The van der Waals surface area contributed by atoms with Gasteiger partial charge in [0.2, 0.25) is 10.0 Å². The summed E-state index contributed by atoms with van der Waals surface area (Å²) in [5.41, 5.74) is 2.53. The second-order valence-corrected chi connectivity index (χ2v) is 8.91. The van der Waals surface area contributed by atoms with Crippen molar-refractivity contribution in [3.8, 4) is 0 Å². The Hall–Kier alpha value is -1.99. The van der Waals surface area contributed by atoms with Crippen LogP contribution < -0.4 is 9.62 Å². The molecule has 1 N–H and O–H groups in total. The van der Waals surface area contributed by atoms with Crippen LogP contribution in [0.4, 0.5) is 14.5 Å². The number of para-hydroxylation sites is 1. The van der Waals surface area contributed by atoms with Crippen molar-refractivity contribution in [3.63, 3.8) is 0 Å². The highest BCUT2D eigenvalue weighted by Crippen LogP contribution is 2.34. The van der Waals surface area contributed by atoms with Crippen LogP contribution >= 0.6 is 0 Å². The third-order valence-electron chi connectivity index (χ3n) is 5.52. The van der Waals surface area contributed by atoms with Crippen molar-refractivity contribution < 1.29 is 17.2 Å². The van der Waals surface area contributed by atoms with Gasteiger partial charge in [0.15, 0.2) is 4.90 Å². The Balaban J connectivity index is 1.51. The molecule has 4 rings (SSSR count). The van der Waals surface area contributed by atoms with Crippen LogP contribution in [0.2, 0.25) is 0 Å². The third-order valence-corrected chi connectivity index (χ3v) is 7.09. The van der Waals surface area contributed by atoms with Gasteiger partial charge in [-0.25, -0.2) is 21.9 Å². The van der Waals surface area contributed by atoms with E-state index in [1.165, 1.54) is 11.3 Å². The summed E-state index contributed by atoms with van der Waals surface area (Å²) in [5, 5.41) is 0. The lowest BCUT2D eigenvalue weighted by molar-refractivity contribution is 0.357. The first-order chi connectivity index (χ1) is 13.0. The van der Waals surface area contributed by atoms with Gasteiger partial charge in [0, 0.05) is 24.3 Å². The Bertz CT molecular complexity index is 928. The molecule has 0 saturated heterocycles. The summed E-state index contributed by atoms with van der Waals surface area (Å²) in [6.07, 6.45) is 4.14. The number of benzene rings is 2. The van der Waals surface area contributed by atoms with Gasteiger partial charge in [0.05, 0.1) is 0 Å². The van der Waals surface area contributed by atoms with Crippen LogP contribution in [0.25, 0.3) is 0 Å². The molecule has 2 atom stereocenters. The zero-order valence-corrected chi connectivity index (χ0v) is 15.7. The van der Waals surface area contributed by atoms with Crippen LogP contribution in [0.1, 0.15) is 31.2 Å². The molecule has 144 valence electrons. The average molecular weight is 392 g/mol. The highest BCUT2D eigenvalue weighted by molar-refractivity contribution is 7.89. The van der Waals surface area contributed by atoms with Crippen LogP contribution in [0.3, 0.4) is 0 Å². The van der Waals surface area contributed by atoms with Crippen molar-refractivity contribution in [1.29, 1.82) is 0 Å². The molecular weight excluding hydrogens is 370 g/mol. The Kier molecular flexibility index (Phi) is 4.90. The average Bonchev–Trinajstić information content (AvgIpc) is 3.05. The quantitative estimate of drug-likeness (QED) is 0.865. The van der Waals surface area contributed by atoms with Crippen LogP contribution in [-0.2, 0) is 16.4 Å². The molecule has 2 unspecified atom stereocenters. The molecule has 0 amide bonds. The number of halogens is 2. The predicted octanol–water partition coefficient (Wildman–Crippen LogP) is 3.62. The normalized spacial score (nSPS) is 22.7. The predicted molar refractivity (Wildman–Crippen MR) is 100 cm³/mol. The second-order valence-electron chi connectivity index (χ2n) is 7.26. The zero-order valence-electron chi connectivity index (χ0n) is 14.9. The van der Waals surface area contributed by atoms with E-state index < -0.39 is 26.6 Å². The fourth-order valence-corrected chi connectivity index (χ4v) is 5.74. The third kappa shape index (κ3) is 3.58. The van der Waals surface area contributed by atoms with Gasteiger partial charge < -0.3 is 4.90 Å². The van der Waals surface area contributed by atoms with Gasteiger partial charge in [-0.3, -0.25) is 0 Å². The minimum absolute atomic E-state index is 0.223. The molecular formula is C20H22F2N2O2S. The van der Waals surface area contributed by atoms with E-state index in [4.69, 9.17) is 0 Å². The molecule has 1 aliphatic carbocycles. The molecule has 0 spiro atoms. The Morgan fingerprint density at radius 2 is 1.74 bits per heavy atom. The summed E-state index contributed by atoms with van der Waals surface area (Å²) in [6.45, 7) is 0.922. The van der Waals surface area contributed by atoms with Gasteiger partial charge in [-0.05, 0) is 55.9 Å². The minimum Gasteiger partial charge on any atom is -0.368 e. The van der Waals surface area contributed by atoms with E-state index >= 15 is 0 Å². The molecule has 2 aromatic carbocycles. The van der Waals surface area contributed by atoms with Crippen molar-refractivity contribution in [2.75, 3.05) is 11.4 Å². The molecule has 0 radical (unpaired) electrons. The van der Waals surface area contributed by atoms with Gasteiger partial charge in [-0.15, -0.1) is 0 Å². The number of anilines is 1. The maximum atomic E-state index is 13.9. The number of hydrogen-bond donors (Lipinski definition) is 1. The lowest BCUT2D eigenvalue weighted by atomic mass is 9.90. The second kappa shape index (κ2) is 7.20. The summed E-state index contributed by atoms with van der Waals surface area (Å²) >= 11 is 0. The van der Waals surface area contributed by atoms with Crippen molar-refractivity contribution in [2.45, 2.75) is 49.1 Å². The number of fused-ring (bicyclic) bond motifs is 1. The molecule has 1 fully saturated rings. The molecule has 1 aliphatic heterocycles. The molecule has 4 nitrogen and oxygen atoms in total. The molecule has 2 aliphatic rings. The molecule has 1 heterocycles. The molecule has 0 aromatic heterocycles. The van der Waals surface area contributed by atoms with Crippen LogP contribution in [0.15, 0.2) is 47.4 Å². The fourth-order valence-electron chi connectivity index (χ4n) is 4.31. The van der Waals surface area contributed by atoms with Gasteiger partial charge >= 0.3 is 0 Å². The molecule has 1 saturated carbocycles. The standard InChI is InChI=1S/C20H22F2N2O2S/c21-17-8-4-9-18(22)20(17)27(25,26)23-15-6-3-7-16(13-15)24-12-11-14-5-1-2-10-19(14)24/h1-2,4-5,8-10,15-16,23H,3,6-7,11-13H2. The smallest absolute Gasteiger partial charge is 0.246 e. The maximum absolute atomic E-state index is 13.9. The minimum atomic E-state index is -4.25. The molecule has 27 heavy (non-hydrogen) atoms. The van der Waals surface area contributed by atoms with Gasteiger partial charge in [0.1, 0.15) is 11.6 Å². The van der Waals surface area contributed by atoms with E-state index in [9.17, 15) is 17.2 Å². The van der Waals surface area contributed by atoms with E-state index in [0.717, 1.165) is 44.0 Å². The first-order valence-electron chi connectivity index (χ1n) is 9.26. The Morgan fingerprint density at radius 3 is 2.52 bits per heavy atom. The summed E-state index contributed by atoms with van der Waals surface area (Å²) < 4.78 is 55.5. The number of sulfonamides is 1. The van der Waals surface area contributed by atoms with Crippen molar-refractivity contribution >= 4 is 15.7 Å². The van der Waals surface area contributed by atoms with Crippen molar-refractivity contribution in [2.24, 2.45) is 0 Å². The van der Waals surface area contributed by atoms with Gasteiger partial charge in [0.25, 0.3) is 0 Å². The van der Waals surface area contributed by atoms with Crippen LogP contribution in [0, 0.1) is 11.6 Å². The van der Waals surface area contributed by atoms with Crippen molar-refractivity contribution in [3.05, 3.63) is 59.7 Å². The van der Waals surface area contributed by atoms with Crippen LogP contribution in [-0.4, -0.2) is 27.0 Å². The van der Waals surface area contributed by atoms with Gasteiger partial charge in [-0.1, -0.05) is 24.3 Å². The monoisotopic (exact) mass is 392 g/mol. The SMILES string of the molecule is O=S(=O)(NC1CCCC(N2CCc3ccccc32)C1)c1c(F)cccc1F. The number of nitrogens with one attached hydrogen (secondary N) is 1.